The van der Waals surface area contributed by atoms with E-state index in [0.29, 0.717) is 17.0 Å². The first-order valence-electron chi connectivity index (χ1n) is 5.76. The van der Waals surface area contributed by atoms with Crippen LogP contribution < -0.4 is 5.32 Å². The average Bonchev–Trinajstić information content (AvgIpc) is 3.18. The fourth-order valence-electron chi connectivity index (χ4n) is 1.72. The van der Waals surface area contributed by atoms with E-state index in [1.807, 2.05) is 0 Å². The van der Waals surface area contributed by atoms with Crippen LogP contribution in [0.25, 0.3) is 11.5 Å². The fraction of sp³-hybridized carbons (Fsp3) is 0. The summed E-state index contributed by atoms with van der Waals surface area (Å²) >= 11 is 0.938. The van der Waals surface area contributed by atoms with Gasteiger partial charge in [-0.2, -0.15) is 0 Å². The molecule has 0 fully saturated rings. The highest BCUT2D eigenvalue weighted by molar-refractivity contribution is 7.18. The third-order valence-corrected chi connectivity index (χ3v) is 3.55. The molecule has 7 nitrogen and oxygen atoms in total. The molecule has 0 aliphatic rings. The summed E-state index contributed by atoms with van der Waals surface area (Å²) in [5, 5.41) is 11.0. The maximum Gasteiger partial charge on any atom is 0.410 e. The average molecular weight is 304 g/mol. The number of furan rings is 2. The smallest absolute Gasteiger partial charge is 0.410 e. The van der Waals surface area contributed by atoms with Crippen LogP contribution in [-0.4, -0.2) is 22.0 Å². The Morgan fingerprint density at radius 1 is 1.29 bits per heavy atom. The van der Waals surface area contributed by atoms with Gasteiger partial charge in [0.25, 0.3) is 0 Å². The zero-order valence-corrected chi connectivity index (χ0v) is 11.2. The number of nitrogens with one attached hydrogen (secondary N) is 1. The molecule has 0 saturated heterocycles. The van der Waals surface area contributed by atoms with Gasteiger partial charge in [-0.15, -0.1) is 0 Å². The summed E-state index contributed by atoms with van der Waals surface area (Å²) in [7, 11) is 0. The number of anilines is 1. The molecule has 0 radical (unpaired) electrons. The number of hydrogen-bond acceptors (Lipinski definition) is 6. The van der Waals surface area contributed by atoms with Crippen molar-refractivity contribution in [3.8, 4) is 11.5 Å². The van der Waals surface area contributed by atoms with Gasteiger partial charge in [0.2, 0.25) is 5.78 Å². The third kappa shape index (κ3) is 2.56. The number of carbonyl (C=O) groups excluding carboxylic acids is 1. The molecule has 3 rings (SSSR count). The first kappa shape index (κ1) is 13.1. The second-order valence-corrected chi connectivity index (χ2v) is 4.94. The number of thiazole rings is 1. The van der Waals surface area contributed by atoms with Crippen LogP contribution in [-0.2, 0) is 0 Å². The minimum atomic E-state index is -1.25. The lowest BCUT2D eigenvalue weighted by atomic mass is 10.1. The van der Waals surface area contributed by atoms with Crippen molar-refractivity contribution >= 4 is 28.3 Å². The summed E-state index contributed by atoms with van der Waals surface area (Å²) in [6.45, 7) is 0. The number of aromatic nitrogens is 1. The molecule has 0 saturated carbocycles. The van der Waals surface area contributed by atoms with Gasteiger partial charge in [-0.25, -0.2) is 9.78 Å². The van der Waals surface area contributed by atoms with Crippen molar-refractivity contribution in [2.75, 3.05) is 5.32 Å². The van der Waals surface area contributed by atoms with E-state index in [1.54, 1.807) is 12.1 Å². The molecule has 0 aromatic carbocycles. The van der Waals surface area contributed by atoms with Crippen molar-refractivity contribution in [1.29, 1.82) is 0 Å². The Bertz CT molecular complexity index is 774. The molecular weight excluding hydrogens is 296 g/mol. The molecule has 8 heteroatoms. The summed E-state index contributed by atoms with van der Waals surface area (Å²) in [6, 6.07) is 4.83. The van der Waals surface area contributed by atoms with Gasteiger partial charge in [-0.05, 0) is 18.2 Å². The second-order valence-electron chi connectivity index (χ2n) is 3.95. The molecule has 1 amide bonds. The Morgan fingerprint density at radius 3 is 2.76 bits per heavy atom. The van der Waals surface area contributed by atoms with Gasteiger partial charge in [0, 0.05) is 0 Å². The van der Waals surface area contributed by atoms with Crippen LogP contribution >= 0.6 is 11.3 Å². The van der Waals surface area contributed by atoms with Crippen molar-refractivity contribution in [2.45, 2.75) is 0 Å². The predicted octanol–water partition coefficient (Wildman–Crippen LogP) is 3.32. The number of carboxylic acid groups (broad SMARTS) is 1. The van der Waals surface area contributed by atoms with E-state index in [9.17, 15) is 9.59 Å². The minimum absolute atomic E-state index is 0.0979. The lowest BCUT2D eigenvalue weighted by Crippen LogP contribution is -2.06. The molecule has 0 atom stereocenters. The van der Waals surface area contributed by atoms with E-state index in [-0.39, 0.29) is 15.8 Å². The van der Waals surface area contributed by atoms with E-state index in [0.717, 1.165) is 11.3 Å². The normalized spacial score (nSPS) is 10.5. The highest BCUT2D eigenvalue weighted by Gasteiger charge is 2.23. The summed E-state index contributed by atoms with van der Waals surface area (Å²) < 4.78 is 10.1. The molecule has 106 valence electrons. The van der Waals surface area contributed by atoms with Crippen LogP contribution in [0.3, 0.4) is 0 Å². The summed E-state index contributed by atoms with van der Waals surface area (Å²) in [6.07, 6.45) is 2.90. The van der Waals surface area contributed by atoms with Gasteiger partial charge >= 0.3 is 6.09 Å². The van der Waals surface area contributed by atoms with Crippen molar-refractivity contribution in [2.24, 2.45) is 0 Å². The largest absolute Gasteiger partial charge is 0.472 e. The maximum absolute atomic E-state index is 12.4. The van der Waals surface area contributed by atoms with E-state index in [1.165, 1.54) is 24.9 Å². The van der Waals surface area contributed by atoms with Crippen molar-refractivity contribution in [1.82, 2.24) is 4.98 Å². The van der Waals surface area contributed by atoms with Crippen LogP contribution in [0.4, 0.5) is 9.93 Å². The third-order valence-electron chi connectivity index (χ3n) is 2.59. The fourth-order valence-corrected chi connectivity index (χ4v) is 2.65. The Hall–Kier alpha value is -2.87. The lowest BCUT2D eigenvalue weighted by molar-refractivity contribution is 0.104. The number of ketones is 1. The zero-order chi connectivity index (χ0) is 14.8. The molecule has 0 unspecified atom stereocenters. The Morgan fingerprint density at radius 2 is 2.14 bits per heavy atom. The first-order valence-corrected chi connectivity index (χ1v) is 6.58. The number of amides is 1. The standard InChI is InChI=1S/C13H8N2O5S/c16-10(7-3-5-19-6-7)11-9(8-2-1-4-20-8)14-12(21-11)15-13(17)18/h1-6H,(H,14,15)(H,17,18). The Kier molecular flexibility index (Phi) is 3.28. The van der Waals surface area contributed by atoms with E-state index < -0.39 is 6.09 Å². The number of hydrogen-bond donors (Lipinski definition) is 2. The Labute approximate surface area is 121 Å². The van der Waals surface area contributed by atoms with Gasteiger partial charge in [0.15, 0.2) is 10.9 Å². The summed E-state index contributed by atoms with van der Waals surface area (Å²) in [5.41, 5.74) is 0.647. The van der Waals surface area contributed by atoms with Crippen LogP contribution in [0.5, 0.6) is 0 Å². The molecule has 21 heavy (non-hydrogen) atoms. The number of nitrogens with zero attached hydrogens (tertiary/aromatic N) is 1. The number of rotatable bonds is 4. The topological polar surface area (TPSA) is 106 Å². The monoisotopic (exact) mass is 304 g/mol. The molecule has 3 aromatic heterocycles. The van der Waals surface area contributed by atoms with E-state index in [2.05, 4.69) is 10.3 Å². The molecule has 0 spiro atoms. The molecule has 0 aliphatic carbocycles. The van der Waals surface area contributed by atoms with Gasteiger partial charge in [-0.1, -0.05) is 11.3 Å². The van der Waals surface area contributed by atoms with Crippen LogP contribution in [0, 0.1) is 0 Å². The molecular formula is C13H8N2O5S. The molecule has 3 aromatic rings. The van der Waals surface area contributed by atoms with Crippen molar-refractivity contribution in [3.05, 3.63) is 47.4 Å². The molecule has 0 bridgehead atoms. The van der Waals surface area contributed by atoms with Gasteiger partial charge < -0.3 is 13.9 Å². The van der Waals surface area contributed by atoms with Crippen LogP contribution in [0.1, 0.15) is 15.2 Å². The second kappa shape index (κ2) is 5.25. The molecule has 0 aliphatic heterocycles. The molecule has 3 heterocycles. The van der Waals surface area contributed by atoms with E-state index >= 15 is 0 Å². The lowest BCUT2D eigenvalue weighted by Gasteiger charge is -1.96. The summed E-state index contributed by atoms with van der Waals surface area (Å²) in [5.74, 6) is 0.0719. The van der Waals surface area contributed by atoms with E-state index in [4.69, 9.17) is 13.9 Å². The van der Waals surface area contributed by atoms with Gasteiger partial charge in [-0.3, -0.25) is 10.1 Å². The Balaban J connectivity index is 2.07. The molecule has 2 N–H and O–H groups in total. The van der Waals surface area contributed by atoms with Gasteiger partial charge in [0.1, 0.15) is 16.8 Å². The maximum atomic E-state index is 12.4. The first-order chi connectivity index (χ1) is 10.1. The highest BCUT2D eigenvalue weighted by Crippen LogP contribution is 2.33. The van der Waals surface area contributed by atoms with Crippen molar-refractivity contribution < 1.29 is 23.5 Å². The minimum Gasteiger partial charge on any atom is -0.472 e. The highest BCUT2D eigenvalue weighted by atomic mass is 32.1. The van der Waals surface area contributed by atoms with Crippen LogP contribution in [0.2, 0.25) is 0 Å². The van der Waals surface area contributed by atoms with Crippen LogP contribution in [0.15, 0.2) is 45.8 Å². The zero-order valence-electron chi connectivity index (χ0n) is 10.4. The van der Waals surface area contributed by atoms with Gasteiger partial charge in [0.05, 0.1) is 18.1 Å². The quantitative estimate of drug-likeness (QED) is 0.716. The summed E-state index contributed by atoms with van der Waals surface area (Å²) in [4.78, 5) is 27.5. The predicted molar refractivity (Wildman–Crippen MR) is 73.6 cm³/mol. The SMILES string of the molecule is O=C(O)Nc1nc(-c2ccco2)c(C(=O)c2ccoc2)s1. The van der Waals surface area contributed by atoms with Crippen molar-refractivity contribution in [3.63, 3.8) is 0 Å². The number of carbonyl (C=O) groups is 2.